The van der Waals surface area contributed by atoms with Gasteiger partial charge in [0.25, 0.3) is 5.91 Å². The zero-order valence-corrected chi connectivity index (χ0v) is 16.1. The maximum atomic E-state index is 13.9. The predicted octanol–water partition coefficient (Wildman–Crippen LogP) is 4.87. The second-order valence-corrected chi connectivity index (χ2v) is 7.02. The van der Waals surface area contributed by atoms with Crippen LogP contribution in [0.3, 0.4) is 0 Å². The van der Waals surface area contributed by atoms with E-state index in [1.54, 1.807) is 48.3 Å². The number of likely N-dealkylation sites (N-methyl/N-ethyl adjacent to an activating group) is 1. The molecule has 4 rings (SSSR count). The van der Waals surface area contributed by atoms with E-state index in [0.717, 1.165) is 6.42 Å². The molecule has 5 heteroatoms. The summed E-state index contributed by atoms with van der Waals surface area (Å²) >= 11 is 0. The van der Waals surface area contributed by atoms with Crippen LogP contribution >= 0.6 is 0 Å². The lowest BCUT2D eigenvalue weighted by Gasteiger charge is -2.17. The zero-order chi connectivity index (χ0) is 20.2. The lowest BCUT2D eigenvalue weighted by molar-refractivity contribution is 0.0796. The van der Waals surface area contributed by atoms with Crippen LogP contribution in [-0.4, -0.2) is 29.4 Å². The normalized spacial score (nSPS) is 11.0. The smallest absolute Gasteiger partial charge is 0.253 e. The van der Waals surface area contributed by atoms with Gasteiger partial charge in [0, 0.05) is 19.2 Å². The van der Waals surface area contributed by atoms with E-state index in [1.165, 1.54) is 11.6 Å². The molecular formula is C24H21FN2O2. The van der Waals surface area contributed by atoms with Crippen molar-refractivity contribution in [1.29, 1.82) is 0 Å². The fraction of sp³-hybridized carbons (Fsp3) is 0.167. The molecule has 4 nitrogen and oxygen atoms in total. The van der Waals surface area contributed by atoms with Crippen molar-refractivity contribution in [3.8, 4) is 0 Å². The fourth-order valence-electron chi connectivity index (χ4n) is 3.25. The third-order valence-corrected chi connectivity index (χ3v) is 4.90. The summed E-state index contributed by atoms with van der Waals surface area (Å²) in [4.78, 5) is 18.9. The van der Waals surface area contributed by atoms with Crippen LogP contribution in [0.25, 0.3) is 11.1 Å². The number of amides is 1. The number of benzene rings is 3. The first-order chi connectivity index (χ1) is 14.1. The molecule has 1 amide bonds. The number of hydrogen-bond donors (Lipinski definition) is 0. The van der Waals surface area contributed by atoms with Crippen molar-refractivity contribution >= 4 is 17.0 Å². The van der Waals surface area contributed by atoms with E-state index in [1.807, 2.05) is 18.2 Å². The van der Waals surface area contributed by atoms with Crippen LogP contribution in [-0.2, 0) is 12.8 Å². The molecule has 0 aliphatic heterocycles. The van der Waals surface area contributed by atoms with Crippen molar-refractivity contribution in [3.63, 3.8) is 0 Å². The standard InChI is InChI=1S/C24H21FN2O2/c1-27(14-13-17-7-3-2-4-8-17)24(28)19-11-12-21-22(15-19)29-23(26-21)16-18-9-5-6-10-20(18)25/h2-12,15H,13-14,16H2,1H3. The highest BCUT2D eigenvalue weighted by Gasteiger charge is 2.15. The number of nitrogens with zero attached hydrogens (tertiary/aromatic N) is 2. The van der Waals surface area contributed by atoms with Gasteiger partial charge >= 0.3 is 0 Å². The Balaban J connectivity index is 1.48. The number of carbonyl (C=O) groups excluding carboxylic acids is 1. The number of hydrogen-bond acceptors (Lipinski definition) is 3. The third kappa shape index (κ3) is 4.35. The van der Waals surface area contributed by atoms with Gasteiger partial charge in [-0.3, -0.25) is 4.79 Å². The summed E-state index contributed by atoms with van der Waals surface area (Å²) in [6, 6.07) is 21.8. The second-order valence-electron chi connectivity index (χ2n) is 7.02. The molecule has 0 aliphatic rings. The lowest BCUT2D eigenvalue weighted by atomic mass is 10.1. The monoisotopic (exact) mass is 388 g/mol. The van der Waals surface area contributed by atoms with Crippen molar-refractivity contribution in [2.75, 3.05) is 13.6 Å². The summed E-state index contributed by atoms with van der Waals surface area (Å²) in [6.45, 7) is 0.621. The average Bonchev–Trinajstić information content (AvgIpc) is 3.15. The Labute approximate surface area is 168 Å². The maximum absolute atomic E-state index is 13.9. The van der Waals surface area contributed by atoms with Crippen molar-refractivity contribution in [1.82, 2.24) is 9.88 Å². The predicted molar refractivity (Wildman–Crippen MR) is 110 cm³/mol. The topological polar surface area (TPSA) is 46.3 Å². The Hall–Kier alpha value is -3.47. The first-order valence-corrected chi connectivity index (χ1v) is 9.52. The lowest BCUT2D eigenvalue weighted by Crippen LogP contribution is -2.28. The molecule has 0 aliphatic carbocycles. The van der Waals surface area contributed by atoms with Crippen LogP contribution in [0.1, 0.15) is 27.4 Å². The molecule has 1 aromatic heterocycles. The minimum absolute atomic E-state index is 0.0742. The third-order valence-electron chi connectivity index (χ3n) is 4.90. The van der Waals surface area contributed by atoms with Crippen molar-refractivity contribution < 1.29 is 13.6 Å². The van der Waals surface area contributed by atoms with Gasteiger partial charge in [0.05, 0.1) is 6.42 Å². The number of rotatable bonds is 6. The summed E-state index contributed by atoms with van der Waals surface area (Å²) in [5.74, 6) is 0.0627. The first kappa shape index (κ1) is 18.9. The van der Waals surface area contributed by atoms with E-state index in [2.05, 4.69) is 17.1 Å². The van der Waals surface area contributed by atoms with Gasteiger partial charge < -0.3 is 9.32 Å². The summed E-state index contributed by atoms with van der Waals surface area (Å²) in [6.07, 6.45) is 1.06. The molecule has 0 N–H and O–H groups in total. The molecule has 0 fully saturated rings. The Bertz CT molecular complexity index is 1140. The summed E-state index contributed by atoms with van der Waals surface area (Å²) < 4.78 is 19.6. The van der Waals surface area contributed by atoms with Crippen molar-refractivity contribution in [2.45, 2.75) is 12.8 Å². The molecular weight excluding hydrogens is 367 g/mol. The van der Waals surface area contributed by atoms with Gasteiger partial charge in [-0.05, 0) is 41.8 Å². The van der Waals surface area contributed by atoms with Gasteiger partial charge in [0.15, 0.2) is 11.5 Å². The Kier molecular flexibility index (Phi) is 5.38. The Morgan fingerprint density at radius 1 is 1.03 bits per heavy atom. The molecule has 0 atom stereocenters. The van der Waals surface area contributed by atoms with E-state index in [0.29, 0.717) is 34.7 Å². The van der Waals surface area contributed by atoms with E-state index >= 15 is 0 Å². The molecule has 29 heavy (non-hydrogen) atoms. The molecule has 3 aromatic carbocycles. The second kappa shape index (κ2) is 8.27. The quantitative estimate of drug-likeness (QED) is 0.473. The van der Waals surface area contributed by atoms with Gasteiger partial charge in [-0.25, -0.2) is 9.37 Å². The molecule has 0 bridgehead atoms. The highest BCUT2D eigenvalue weighted by atomic mass is 19.1. The molecule has 0 saturated carbocycles. The zero-order valence-electron chi connectivity index (χ0n) is 16.1. The molecule has 0 spiro atoms. The fourth-order valence-corrected chi connectivity index (χ4v) is 3.25. The minimum atomic E-state index is -0.286. The van der Waals surface area contributed by atoms with Crippen LogP contribution < -0.4 is 0 Å². The number of oxazole rings is 1. The van der Waals surface area contributed by atoms with Crippen LogP contribution in [0.4, 0.5) is 4.39 Å². The van der Waals surface area contributed by atoms with Crippen LogP contribution in [0, 0.1) is 5.82 Å². The van der Waals surface area contributed by atoms with Crippen LogP contribution in [0.15, 0.2) is 77.2 Å². The number of halogens is 1. The number of aromatic nitrogens is 1. The van der Waals surface area contributed by atoms with Gasteiger partial charge in [0.2, 0.25) is 0 Å². The average molecular weight is 388 g/mol. The Morgan fingerprint density at radius 3 is 2.59 bits per heavy atom. The summed E-state index contributed by atoms with van der Waals surface area (Å²) in [7, 11) is 1.79. The maximum Gasteiger partial charge on any atom is 0.253 e. The molecule has 1 heterocycles. The minimum Gasteiger partial charge on any atom is -0.440 e. The molecule has 4 aromatic rings. The molecule has 0 radical (unpaired) electrons. The van der Waals surface area contributed by atoms with Crippen molar-refractivity contribution in [2.24, 2.45) is 0 Å². The van der Waals surface area contributed by atoms with Gasteiger partial charge in [-0.1, -0.05) is 48.5 Å². The SMILES string of the molecule is CN(CCc1ccccc1)C(=O)c1ccc2nc(Cc3ccccc3F)oc2c1. The van der Waals surface area contributed by atoms with Gasteiger partial charge in [-0.15, -0.1) is 0 Å². The first-order valence-electron chi connectivity index (χ1n) is 9.52. The highest BCUT2D eigenvalue weighted by molar-refractivity contribution is 5.96. The molecule has 0 saturated heterocycles. The summed E-state index contributed by atoms with van der Waals surface area (Å²) in [5, 5.41) is 0. The number of fused-ring (bicyclic) bond motifs is 1. The number of carbonyl (C=O) groups is 1. The van der Waals surface area contributed by atoms with Crippen LogP contribution in [0.5, 0.6) is 0 Å². The molecule has 146 valence electrons. The van der Waals surface area contributed by atoms with Gasteiger partial charge in [-0.2, -0.15) is 0 Å². The van der Waals surface area contributed by atoms with E-state index in [9.17, 15) is 9.18 Å². The van der Waals surface area contributed by atoms with Crippen LogP contribution in [0.2, 0.25) is 0 Å². The van der Waals surface area contributed by atoms with E-state index in [4.69, 9.17) is 4.42 Å². The summed E-state index contributed by atoms with van der Waals surface area (Å²) in [5.41, 5.74) is 3.44. The molecule has 0 unspecified atom stereocenters. The van der Waals surface area contributed by atoms with Gasteiger partial charge in [0.1, 0.15) is 11.3 Å². The Morgan fingerprint density at radius 2 is 1.79 bits per heavy atom. The van der Waals surface area contributed by atoms with E-state index in [-0.39, 0.29) is 18.1 Å². The van der Waals surface area contributed by atoms with E-state index < -0.39 is 0 Å². The largest absolute Gasteiger partial charge is 0.440 e. The highest BCUT2D eigenvalue weighted by Crippen LogP contribution is 2.21. The van der Waals surface area contributed by atoms with Crippen molar-refractivity contribution in [3.05, 3.63) is 101 Å².